The highest BCUT2D eigenvalue weighted by Crippen LogP contribution is 2.17. The lowest BCUT2D eigenvalue weighted by Crippen LogP contribution is -2.35. The van der Waals surface area contributed by atoms with E-state index < -0.39 is 17.4 Å². The number of aromatic nitrogens is 1. The Balaban J connectivity index is 1.73. The first-order valence-electron chi connectivity index (χ1n) is 9.84. The lowest BCUT2D eigenvalue weighted by atomic mass is 10.1. The summed E-state index contributed by atoms with van der Waals surface area (Å²) >= 11 is 3.37. The summed E-state index contributed by atoms with van der Waals surface area (Å²) < 4.78 is 7.11. The molecule has 0 radical (unpaired) electrons. The maximum absolute atomic E-state index is 13.3. The van der Waals surface area contributed by atoms with Gasteiger partial charge in [0.15, 0.2) is 0 Å². The van der Waals surface area contributed by atoms with Gasteiger partial charge in [-0.1, -0.05) is 46.3 Å². The Kier molecular flexibility index (Phi) is 6.18. The fourth-order valence-corrected chi connectivity index (χ4v) is 3.63. The number of ether oxygens (including phenoxy) is 1. The molecule has 6 nitrogen and oxygen atoms in total. The molecule has 0 unspecified atom stereocenters. The molecule has 1 N–H and O–H groups in total. The van der Waals surface area contributed by atoms with Gasteiger partial charge in [-0.25, -0.2) is 4.57 Å². The second-order valence-electron chi connectivity index (χ2n) is 7.10. The van der Waals surface area contributed by atoms with Crippen LogP contribution < -0.4 is 15.6 Å². The highest BCUT2D eigenvalue weighted by molar-refractivity contribution is 9.10. The van der Waals surface area contributed by atoms with Gasteiger partial charge < -0.3 is 10.1 Å². The fraction of sp³-hybridized carbons (Fsp3) is 0.0800. The molecule has 0 saturated carbocycles. The maximum Gasteiger partial charge on any atom is 0.270 e. The minimum atomic E-state index is -0.669. The summed E-state index contributed by atoms with van der Waals surface area (Å²) in [5, 5.41) is 3.38. The number of para-hydroxylation sites is 1. The summed E-state index contributed by atoms with van der Waals surface area (Å²) in [6.07, 6.45) is 0. The van der Waals surface area contributed by atoms with E-state index in [4.69, 9.17) is 4.74 Å². The second-order valence-corrected chi connectivity index (χ2v) is 8.02. The maximum atomic E-state index is 13.3. The van der Waals surface area contributed by atoms with E-state index in [1.807, 2.05) is 24.3 Å². The molecule has 0 atom stereocenters. The Morgan fingerprint density at radius 3 is 2.34 bits per heavy atom. The van der Waals surface area contributed by atoms with Gasteiger partial charge in [-0.15, -0.1) is 0 Å². The van der Waals surface area contributed by atoms with Crippen molar-refractivity contribution in [2.24, 2.45) is 0 Å². The van der Waals surface area contributed by atoms with Gasteiger partial charge in [-0.3, -0.25) is 14.4 Å². The average molecular weight is 491 g/mol. The zero-order valence-corrected chi connectivity index (χ0v) is 18.8. The molecule has 7 heteroatoms. The second kappa shape index (κ2) is 9.20. The number of methoxy groups -OCH3 is 1. The zero-order valence-electron chi connectivity index (χ0n) is 17.2. The lowest BCUT2D eigenvalue weighted by Gasteiger charge is -2.12. The number of fused-ring (bicyclic) bond motifs is 1. The quantitative estimate of drug-likeness (QED) is 0.449. The van der Waals surface area contributed by atoms with E-state index in [9.17, 15) is 14.4 Å². The Morgan fingerprint density at radius 1 is 0.969 bits per heavy atom. The van der Waals surface area contributed by atoms with Crippen molar-refractivity contribution in [3.63, 3.8) is 0 Å². The number of rotatable bonds is 5. The molecule has 0 aliphatic rings. The third kappa shape index (κ3) is 4.33. The molecule has 1 amide bonds. The number of amides is 1. The van der Waals surface area contributed by atoms with Crippen molar-refractivity contribution in [3.05, 3.63) is 110 Å². The third-order valence-corrected chi connectivity index (χ3v) is 5.59. The van der Waals surface area contributed by atoms with Crippen LogP contribution in [-0.2, 0) is 6.54 Å². The number of benzene rings is 3. The minimum absolute atomic E-state index is 0.0947. The average Bonchev–Trinajstić information content (AvgIpc) is 2.83. The van der Waals surface area contributed by atoms with Gasteiger partial charge in [0.25, 0.3) is 17.4 Å². The minimum Gasteiger partial charge on any atom is -0.497 e. The summed E-state index contributed by atoms with van der Waals surface area (Å²) in [5.41, 5.74) is 0.866. The van der Waals surface area contributed by atoms with Gasteiger partial charge in [0, 0.05) is 16.6 Å². The number of hydrogen-bond acceptors (Lipinski definition) is 4. The SMILES string of the molecule is COc1ccc(C(=O)n2c(=O)c(C(=O)NCc3ccc(Br)cc3)cc3ccccc32)cc1. The Morgan fingerprint density at radius 2 is 1.66 bits per heavy atom. The van der Waals surface area contributed by atoms with E-state index in [1.165, 1.54) is 13.2 Å². The molecule has 1 aromatic heterocycles. The molecule has 1 heterocycles. The summed E-state index contributed by atoms with van der Waals surface area (Å²) in [6.45, 7) is 0.255. The molecule has 4 rings (SSSR count). The predicted molar refractivity (Wildman–Crippen MR) is 126 cm³/mol. The van der Waals surface area contributed by atoms with Crippen molar-refractivity contribution in [1.29, 1.82) is 0 Å². The van der Waals surface area contributed by atoms with E-state index >= 15 is 0 Å². The number of nitrogens with one attached hydrogen (secondary N) is 1. The highest BCUT2D eigenvalue weighted by Gasteiger charge is 2.20. The van der Waals surface area contributed by atoms with Crippen LogP contribution in [0.5, 0.6) is 5.75 Å². The first kappa shape index (κ1) is 21.5. The molecule has 32 heavy (non-hydrogen) atoms. The molecule has 160 valence electrons. The summed E-state index contributed by atoms with van der Waals surface area (Å²) in [5.74, 6) is -0.462. The van der Waals surface area contributed by atoms with E-state index in [0.717, 1.165) is 14.6 Å². The summed E-state index contributed by atoms with van der Waals surface area (Å²) in [4.78, 5) is 39.4. The van der Waals surface area contributed by atoms with Crippen LogP contribution in [0.4, 0.5) is 0 Å². The number of hydrogen-bond donors (Lipinski definition) is 1. The normalized spacial score (nSPS) is 10.7. The van der Waals surface area contributed by atoms with E-state index in [1.54, 1.807) is 48.5 Å². The van der Waals surface area contributed by atoms with Crippen LogP contribution in [0.1, 0.15) is 26.3 Å². The number of halogens is 1. The van der Waals surface area contributed by atoms with Crippen molar-refractivity contribution in [1.82, 2.24) is 9.88 Å². The Hall–Kier alpha value is -3.71. The first-order chi connectivity index (χ1) is 15.5. The number of pyridine rings is 1. The van der Waals surface area contributed by atoms with Gasteiger partial charge in [0.05, 0.1) is 12.6 Å². The molecule has 0 aliphatic heterocycles. The Bertz CT molecular complexity index is 1360. The molecule has 4 aromatic rings. The van der Waals surface area contributed by atoms with Crippen LogP contribution in [0.3, 0.4) is 0 Å². The number of nitrogens with zero attached hydrogens (tertiary/aromatic N) is 1. The topological polar surface area (TPSA) is 77.4 Å². The largest absolute Gasteiger partial charge is 0.497 e. The predicted octanol–water partition coefficient (Wildman–Crippen LogP) is 4.39. The molecular weight excluding hydrogens is 472 g/mol. The van der Waals surface area contributed by atoms with Gasteiger partial charge in [0.2, 0.25) is 0 Å². The van der Waals surface area contributed by atoms with Gasteiger partial charge in [0.1, 0.15) is 11.3 Å². The van der Waals surface area contributed by atoms with Gasteiger partial charge in [-0.05, 0) is 59.5 Å². The Labute approximate surface area is 192 Å². The van der Waals surface area contributed by atoms with Crippen LogP contribution in [0.25, 0.3) is 10.9 Å². The van der Waals surface area contributed by atoms with Crippen molar-refractivity contribution in [3.8, 4) is 5.75 Å². The van der Waals surface area contributed by atoms with Crippen molar-refractivity contribution < 1.29 is 14.3 Å². The van der Waals surface area contributed by atoms with E-state index in [-0.39, 0.29) is 12.1 Å². The zero-order chi connectivity index (χ0) is 22.7. The van der Waals surface area contributed by atoms with Crippen LogP contribution in [0.2, 0.25) is 0 Å². The van der Waals surface area contributed by atoms with Crippen LogP contribution in [0.15, 0.2) is 88.1 Å². The summed E-state index contributed by atoms with van der Waals surface area (Å²) in [7, 11) is 1.53. The van der Waals surface area contributed by atoms with E-state index in [2.05, 4.69) is 21.2 Å². The number of carbonyl (C=O) groups excluding carboxylic acids is 2. The molecule has 0 fully saturated rings. The van der Waals surface area contributed by atoms with E-state index in [0.29, 0.717) is 22.2 Å². The fourth-order valence-electron chi connectivity index (χ4n) is 3.37. The van der Waals surface area contributed by atoms with Gasteiger partial charge >= 0.3 is 0 Å². The van der Waals surface area contributed by atoms with Gasteiger partial charge in [-0.2, -0.15) is 0 Å². The van der Waals surface area contributed by atoms with Crippen LogP contribution >= 0.6 is 15.9 Å². The third-order valence-electron chi connectivity index (χ3n) is 5.06. The lowest BCUT2D eigenvalue weighted by molar-refractivity contribution is 0.0946. The molecule has 0 bridgehead atoms. The van der Waals surface area contributed by atoms with Crippen molar-refractivity contribution in [2.45, 2.75) is 6.54 Å². The summed E-state index contributed by atoms with van der Waals surface area (Å²) in [6, 6.07) is 22.5. The molecule has 3 aromatic carbocycles. The smallest absolute Gasteiger partial charge is 0.270 e. The van der Waals surface area contributed by atoms with Crippen LogP contribution in [0, 0.1) is 0 Å². The molecule has 0 saturated heterocycles. The number of carbonyl (C=O) groups is 2. The highest BCUT2D eigenvalue weighted by atomic mass is 79.9. The van der Waals surface area contributed by atoms with Crippen LogP contribution in [-0.4, -0.2) is 23.5 Å². The molecule has 0 aliphatic carbocycles. The first-order valence-corrected chi connectivity index (χ1v) is 10.6. The van der Waals surface area contributed by atoms with Crippen molar-refractivity contribution >= 4 is 38.6 Å². The molecular formula is C25H19BrN2O4. The van der Waals surface area contributed by atoms with Crippen molar-refractivity contribution in [2.75, 3.05) is 7.11 Å². The monoisotopic (exact) mass is 490 g/mol. The molecule has 0 spiro atoms. The standard InChI is InChI=1S/C25H19BrN2O4/c1-32-20-12-8-17(9-13-20)24(30)28-22-5-3-2-4-18(22)14-21(25(28)31)23(29)27-15-16-6-10-19(26)11-7-16/h2-14H,15H2,1H3,(H,27,29).